The van der Waals surface area contributed by atoms with Gasteiger partial charge in [-0.1, -0.05) is 36.4 Å². The van der Waals surface area contributed by atoms with Gasteiger partial charge in [-0.05, 0) is 75.6 Å². The zero-order chi connectivity index (χ0) is 36.8. The molecular formula is C35H37F3N4O7S. The molecule has 0 saturated heterocycles. The SMILES string of the molecule is COc1ccc(-c2ccc(CN3C(=O)C(NC(=O)OC(C)(C)C)CC(F)(F)c4cc(F)c(-c5nnc(C(C)(C)S(C)(=O)=O)o5)cc43)cc2)cc1. The van der Waals surface area contributed by atoms with Crippen molar-refractivity contribution in [1.82, 2.24) is 15.5 Å². The molecule has 2 amide bonds. The second-order valence-electron chi connectivity index (χ2n) is 13.5. The summed E-state index contributed by atoms with van der Waals surface area (Å²) in [5, 5.41) is 9.87. The maximum absolute atomic E-state index is 16.0. The lowest BCUT2D eigenvalue weighted by atomic mass is 9.99. The second kappa shape index (κ2) is 13.1. The highest BCUT2D eigenvalue weighted by molar-refractivity contribution is 7.91. The van der Waals surface area contributed by atoms with Crippen LogP contribution < -0.4 is 15.0 Å². The summed E-state index contributed by atoms with van der Waals surface area (Å²) in [6, 6.07) is 14.2. The Morgan fingerprint density at radius 1 is 1.02 bits per heavy atom. The van der Waals surface area contributed by atoms with E-state index in [1.165, 1.54) is 13.8 Å². The molecular weight excluding hydrogens is 677 g/mol. The van der Waals surface area contributed by atoms with E-state index in [4.69, 9.17) is 13.9 Å². The van der Waals surface area contributed by atoms with Gasteiger partial charge in [0.15, 0.2) is 9.84 Å². The van der Waals surface area contributed by atoms with Crippen molar-refractivity contribution in [3.05, 3.63) is 83.5 Å². The topological polar surface area (TPSA) is 141 Å². The predicted octanol–water partition coefficient (Wildman–Crippen LogP) is 6.75. The number of carbonyl (C=O) groups excluding carboxylic acids is 2. The molecule has 0 spiro atoms. The third-order valence-corrected chi connectivity index (χ3v) is 10.3. The molecule has 11 nitrogen and oxygen atoms in total. The molecule has 15 heteroatoms. The molecule has 1 unspecified atom stereocenters. The van der Waals surface area contributed by atoms with E-state index in [-0.39, 0.29) is 18.1 Å². The van der Waals surface area contributed by atoms with Crippen LogP contribution in [0.4, 0.5) is 23.7 Å². The average Bonchev–Trinajstić information content (AvgIpc) is 3.51. The van der Waals surface area contributed by atoms with Crippen molar-refractivity contribution >= 4 is 27.5 Å². The molecule has 2 heterocycles. The summed E-state index contributed by atoms with van der Waals surface area (Å²) in [5.41, 5.74) is -0.354. The number of carbonyl (C=O) groups is 2. The van der Waals surface area contributed by atoms with Crippen LogP contribution in [0.15, 0.2) is 65.1 Å². The smallest absolute Gasteiger partial charge is 0.408 e. The summed E-state index contributed by atoms with van der Waals surface area (Å²) < 4.78 is 86.8. The fourth-order valence-electron chi connectivity index (χ4n) is 5.23. The number of hydrogen-bond donors (Lipinski definition) is 1. The number of amides is 2. The summed E-state index contributed by atoms with van der Waals surface area (Å²) in [6.45, 7) is 7.14. The number of nitrogens with zero attached hydrogens (tertiary/aromatic N) is 3. The van der Waals surface area contributed by atoms with Crippen LogP contribution in [0.2, 0.25) is 0 Å². The summed E-state index contributed by atoms with van der Waals surface area (Å²) >= 11 is 0. The third-order valence-electron chi connectivity index (χ3n) is 8.30. The van der Waals surface area contributed by atoms with Crippen LogP contribution in [0.25, 0.3) is 22.6 Å². The van der Waals surface area contributed by atoms with E-state index in [0.29, 0.717) is 17.4 Å². The minimum absolute atomic E-state index is 0.251. The van der Waals surface area contributed by atoms with E-state index in [1.54, 1.807) is 64.3 Å². The molecule has 5 rings (SSSR count). The Kier molecular flexibility index (Phi) is 9.51. The van der Waals surface area contributed by atoms with Gasteiger partial charge in [-0.3, -0.25) is 4.79 Å². The van der Waals surface area contributed by atoms with Gasteiger partial charge < -0.3 is 24.1 Å². The van der Waals surface area contributed by atoms with Crippen LogP contribution in [0.3, 0.4) is 0 Å². The van der Waals surface area contributed by atoms with Gasteiger partial charge in [0.05, 0.1) is 24.9 Å². The molecule has 3 aromatic carbocycles. The number of ether oxygens (including phenoxy) is 2. The van der Waals surface area contributed by atoms with Gasteiger partial charge in [0, 0.05) is 18.2 Å². The molecule has 0 fully saturated rings. The minimum atomic E-state index is -3.81. The first kappa shape index (κ1) is 36.4. The molecule has 1 aliphatic heterocycles. The van der Waals surface area contributed by atoms with E-state index in [0.717, 1.165) is 28.3 Å². The molecule has 1 atom stereocenters. The molecule has 4 aromatic rings. The fourth-order valence-corrected chi connectivity index (χ4v) is 5.63. The van der Waals surface area contributed by atoms with E-state index in [9.17, 15) is 18.0 Å². The van der Waals surface area contributed by atoms with Crippen molar-refractivity contribution in [2.24, 2.45) is 0 Å². The lowest BCUT2D eigenvalue weighted by molar-refractivity contribution is -0.123. The number of fused-ring (bicyclic) bond motifs is 1. The minimum Gasteiger partial charge on any atom is -0.497 e. The van der Waals surface area contributed by atoms with Crippen molar-refractivity contribution in [2.75, 3.05) is 18.3 Å². The number of hydrogen-bond acceptors (Lipinski definition) is 9. The molecule has 0 saturated carbocycles. The van der Waals surface area contributed by atoms with Gasteiger partial charge in [0.25, 0.3) is 11.8 Å². The second-order valence-corrected chi connectivity index (χ2v) is 16.1. The number of benzene rings is 3. The van der Waals surface area contributed by atoms with Crippen LogP contribution in [0, 0.1) is 5.82 Å². The van der Waals surface area contributed by atoms with E-state index in [1.807, 2.05) is 12.1 Å². The molecule has 50 heavy (non-hydrogen) atoms. The zero-order valence-electron chi connectivity index (χ0n) is 28.5. The first-order chi connectivity index (χ1) is 23.2. The Morgan fingerprint density at radius 2 is 1.62 bits per heavy atom. The van der Waals surface area contributed by atoms with Crippen molar-refractivity contribution in [1.29, 1.82) is 0 Å². The molecule has 0 bridgehead atoms. The molecule has 0 aliphatic carbocycles. The lowest BCUT2D eigenvalue weighted by Gasteiger charge is -2.27. The summed E-state index contributed by atoms with van der Waals surface area (Å²) in [6.07, 6.45) is -1.30. The zero-order valence-corrected chi connectivity index (χ0v) is 29.3. The van der Waals surface area contributed by atoms with Crippen LogP contribution in [0.5, 0.6) is 5.75 Å². The first-order valence-electron chi connectivity index (χ1n) is 15.5. The Labute approximate surface area is 287 Å². The number of anilines is 1. The van der Waals surface area contributed by atoms with Gasteiger partial charge in [0.2, 0.25) is 11.8 Å². The standard InChI is InChI=1S/C35H37F3N4O7S/c1-33(2,3)49-32(44)39-27-18-35(37,38)25-17-26(36)24(29-40-41-31(48-29)34(4,5)50(7,45)46)16-28(25)42(30(27)43)19-20-8-10-21(11-9-20)22-12-14-23(47-6)15-13-22/h8-17,27H,18-19H2,1-7H3,(H,39,44). The number of aromatic nitrogens is 2. The quantitative estimate of drug-likeness (QED) is 0.210. The lowest BCUT2D eigenvalue weighted by Crippen LogP contribution is -2.49. The van der Waals surface area contributed by atoms with Gasteiger partial charge in [-0.25, -0.2) is 26.4 Å². The van der Waals surface area contributed by atoms with E-state index in [2.05, 4.69) is 15.5 Å². The highest BCUT2D eigenvalue weighted by Crippen LogP contribution is 2.45. The maximum atomic E-state index is 16.0. The van der Waals surface area contributed by atoms with Gasteiger partial charge in [-0.2, -0.15) is 0 Å². The van der Waals surface area contributed by atoms with Gasteiger partial charge >= 0.3 is 6.09 Å². The van der Waals surface area contributed by atoms with Crippen LogP contribution in [0.1, 0.15) is 58.1 Å². The van der Waals surface area contributed by atoms with Gasteiger partial charge in [-0.15, -0.1) is 10.2 Å². The number of nitrogens with one attached hydrogen (secondary N) is 1. The van der Waals surface area contributed by atoms with Crippen LogP contribution in [-0.2, 0) is 36.6 Å². The first-order valence-corrected chi connectivity index (χ1v) is 17.4. The molecule has 266 valence electrons. The van der Waals surface area contributed by atoms with Crippen molar-refractivity contribution in [3.63, 3.8) is 0 Å². The molecule has 0 radical (unpaired) electrons. The summed E-state index contributed by atoms with van der Waals surface area (Å²) in [5.74, 6) is -6.04. The number of rotatable bonds is 8. The Balaban J connectivity index is 1.59. The van der Waals surface area contributed by atoms with Gasteiger partial charge in [0.1, 0.15) is 28.0 Å². The van der Waals surface area contributed by atoms with Crippen molar-refractivity contribution in [3.8, 4) is 28.3 Å². The highest BCUT2D eigenvalue weighted by Gasteiger charge is 2.47. The molecule has 1 aromatic heterocycles. The number of sulfone groups is 1. The van der Waals surface area contributed by atoms with E-state index >= 15 is 13.2 Å². The molecule has 1 N–H and O–H groups in total. The summed E-state index contributed by atoms with van der Waals surface area (Å²) in [4.78, 5) is 27.9. The number of alkyl halides is 2. The monoisotopic (exact) mass is 714 g/mol. The Bertz CT molecular complexity index is 2020. The number of methoxy groups -OCH3 is 1. The maximum Gasteiger partial charge on any atom is 0.408 e. The largest absolute Gasteiger partial charge is 0.497 e. The fraction of sp³-hybridized carbons (Fsp3) is 0.371. The Hall–Kier alpha value is -4.92. The van der Waals surface area contributed by atoms with Crippen LogP contribution in [-0.4, -0.2) is 55.6 Å². The highest BCUT2D eigenvalue weighted by atomic mass is 32.2. The van der Waals surface area contributed by atoms with Crippen molar-refractivity contribution < 1.29 is 45.1 Å². The van der Waals surface area contributed by atoms with E-state index < -0.39 is 73.4 Å². The number of halogens is 3. The average molecular weight is 715 g/mol. The summed E-state index contributed by atoms with van der Waals surface area (Å²) in [7, 11) is -2.20. The number of alkyl carbamates (subject to hydrolysis) is 1. The predicted molar refractivity (Wildman–Crippen MR) is 179 cm³/mol. The third kappa shape index (κ3) is 7.47. The Morgan fingerprint density at radius 3 is 2.18 bits per heavy atom. The molecule has 1 aliphatic rings. The van der Waals surface area contributed by atoms with Crippen LogP contribution >= 0.6 is 0 Å². The van der Waals surface area contributed by atoms with Crippen molar-refractivity contribution in [2.45, 2.75) is 69.9 Å². The normalized spacial score (nSPS) is 16.4.